The predicted molar refractivity (Wildman–Crippen MR) is 108 cm³/mol. The Morgan fingerprint density at radius 3 is 2.37 bits per heavy atom. The Balaban J connectivity index is 1.58. The summed E-state index contributed by atoms with van der Waals surface area (Å²) in [6.45, 7) is 7.68. The number of rotatable bonds is 4. The molecule has 1 aliphatic rings. The van der Waals surface area contributed by atoms with Crippen molar-refractivity contribution < 1.29 is 13.2 Å². The monoisotopic (exact) mass is 407 g/mol. The fourth-order valence-corrected chi connectivity index (χ4v) is 5.67. The minimum atomic E-state index is -3.53. The minimum absolute atomic E-state index is 0.149. The summed E-state index contributed by atoms with van der Waals surface area (Å²) in [6.07, 6.45) is 0. The van der Waals surface area contributed by atoms with Crippen LogP contribution in [0.25, 0.3) is 0 Å². The molecule has 1 saturated heterocycles. The number of aryl methyl sites for hydroxylation is 3. The maximum absolute atomic E-state index is 12.9. The average Bonchev–Trinajstić information content (AvgIpc) is 3.05. The van der Waals surface area contributed by atoms with Gasteiger partial charge in [0.2, 0.25) is 10.0 Å². The Morgan fingerprint density at radius 2 is 1.78 bits per heavy atom. The molecule has 3 rings (SSSR count). The van der Waals surface area contributed by atoms with Crippen LogP contribution in [0.1, 0.15) is 20.9 Å². The van der Waals surface area contributed by atoms with Crippen molar-refractivity contribution in [3.8, 4) is 0 Å². The van der Waals surface area contributed by atoms with E-state index in [1.807, 2.05) is 45.0 Å². The zero-order valence-electron chi connectivity index (χ0n) is 15.9. The number of carbonyl (C=O) groups is 1. The van der Waals surface area contributed by atoms with Crippen molar-refractivity contribution in [3.05, 3.63) is 51.2 Å². The van der Waals surface area contributed by atoms with Crippen LogP contribution in [0.15, 0.2) is 35.2 Å². The van der Waals surface area contributed by atoms with Gasteiger partial charge in [0.15, 0.2) is 0 Å². The van der Waals surface area contributed by atoms with Gasteiger partial charge in [0.1, 0.15) is 0 Å². The number of piperazine rings is 1. The zero-order valence-corrected chi connectivity index (χ0v) is 17.5. The molecule has 0 atom stereocenters. The smallest absolute Gasteiger partial charge is 0.317 e. The minimum Gasteiger partial charge on any atom is -0.333 e. The van der Waals surface area contributed by atoms with Crippen LogP contribution in [-0.2, 0) is 16.6 Å². The first kappa shape index (κ1) is 19.9. The van der Waals surface area contributed by atoms with Crippen LogP contribution in [0.3, 0.4) is 0 Å². The van der Waals surface area contributed by atoms with Crippen molar-refractivity contribution in [2.75, 3.05) is 26.2 Å². The molecule has 1 aromatic carbocycles. The van der Waals surface area contributed by atoms with E-state index < -0.39 is 10.0 Å². The number of hydrogen-bond donors (Lipinski definition) is 1. The Kier molecular flexibility index (Phi) is 5.88. The van der Waals surface area contributed by atoms with Gasteiger partial charge in [-0.25, -0.2) is 13.2 Å². The van der Waals surface area contributed by atoms with E-state index in [0.717, 1.165) is 16.0 Å². The predicted octanol–water partition coefficient (Wildman–Crippen LogP) is 2.89. The second-order valence-electron chi connectivity index (χ2n) is 6.83. The van der Waals surface area contributed by atoms with E-state index in [0.29, 0.717) is 37.6 Å². The molecule has 1 aliphatic heterocycles. The lowest BCUT2D eigenvalue weighted by molar-refractivity contribution is 0.172. The molecule has 27 heavy (non-hydrogen) atoms. The van der Waals surface area contributed by atoms with E-state index in [2.05, 4.69) is 5.32 Å². The van der Waals surface area contributed by atoms with E-state index in [1.165, 1.54) is 9.18 Å². The standard InChI is InChI=1S/C19H25N3O3S2/c1-14-4-7-18(15(2)12-14)27(24,25)22-10-8-21(9-11-22)19(23)20-13-17-6-5-16(3)26-17/h4-7,12H,8-11,13H2,1-3H3,(H,20,23). The summed E-state index contributed by atoms with van der Waals surface area (Å²) >= 11 is 1.66. The van der Waals surface area contributed by atoms with Crippen molar-refractivity contribution in [1.82, 2.24) is 14.5 Å². The zero-order chi connectivity index (χ0) is 19.6. The second kappa shape index (κ2) is 8.00. The molecule has 0 aliphatic carbocycles. The SMILES string of the molecule is Cc1ccc(S(=O)(=O)N2CCN(C(=O)NCc3ccc(C)s3)CC2)c(C)c1. The molecule has 2 aromatic rings. The number of carbonyl (C=O) groups excluding carboxylic acids is 1. The third-order valence-corrected chi connectivity index (χ3v) is 7.74. The highest BCUT2D eigenvalue weighted by atomic mass is 32.2. The van der Waals surface area contributed by atoms with Crippen molar-refractivity contribution in [2.24, 2.45) is 0 Å². The lowest BCUT2D eigenvalue weighted by Crippen LogP contribution is -2.53. The van der Waals surface area contributed by atoms with E-state index >= 15 is 0 Å². The number of nitrogens with one attached hydrogen (secondary N) is 1. The first-order valence-electron chi connectivity index (χ1n) is 8.93. The molecule has 0 spiro atoms. The van der Waals surface area contributed by atoms with Crippen LogP contribution in [0.2, 0.25) is 0 Å². The topological polar surface area (TPSA) is 69.7 Å². The summed E-state index contributed by atoms with van der Waals surface area (Å²) < 4.78 is 27.3. The van der Waals surface area contributed by atoms with Gasteiger partial charge in [-0.1, -0.05) is 17.7 Å². The van der Waals surface area contributed by atoms with Crippen LogP contribution in [0.4, 0.5) is 4.79 Å². The first-order chi connectivity index (χ1) is 12.8. The molecule has 2 amide bonds. The lowest BCUT2D eigenvalue weighted by Gasteiger charge is -2.34. The number of benzene rings is 1. The summed E-state index contributed by atoms with van der Waals surface area (Å²) in [4.78, 5) is 16.7. The van der Waals surface area contributed by atoms with Gasteiger partial charge in [-0.2, -0.15) is 4.31 Å². The van der Waals surface area contributed by atoms with Crippen LogP contribution in [0.5, 0.6) is 0 Å². The van der Waals surface area contributed by atoms with E-state index in [-0.39, 0.29) is 6.03 Å². The molecule has 0 unspecified atom stereocenters. The summed E-state index contributed by atoms with van der Waals surface area (Å²) in [6, 6.07) is 9.25. The van der Waals surface area contributed by atoms with Crippen LogP contribution in [0, 0.1) is 20.8 Å². The van der Waals surface area contributed by atoms with Crippen molar-refractivity contribution in [3.63, 3.8) is 0 Å². The van der Waals surface area contributed by atoms with Crippen LogP contribution >= 0.6 is 11.3 Å². The van der Waals surface area contributed by atoms with Gasteiger partial charge < -0.3 is 10.2 Å². The molecule has 8 heteroatoms. The fraction of sp³-hybridized carbons (Fsp3) is 0.421. The summed E-state index contributed by atoms with van der Waals surface area (Å²) in [5.74, 6) is 0. The maximum Gasteiger partial charge on any atom is 0.317 e. The van der Waals surface area contributed by atoms with Gasteiger partial charge in [-0.3, -0.25) is 0 Å². The molecule has 1 fully saturated rings. The van der Waals surface area contributed by atoms with E-state index in [9.17, 15) is 13.2 Å². The van der Waals surface area contributed by atoms with Gasteiger partial charge in [0, 0.05) is 35.9 Å². The van der Waals surface area contributed by atoms with Crippen molar-refractivity contribution >= 4 is 27.4 Å². The van der Waals surface area contributed by atoms with Crippen LogP contribution < -0.4 is 5.32 Å². The number of sulfonamides is 1. The largest absolute Gasteiger partial charge is 0.333 e. The Morgan fingerprint density at radius 1 is 1.07 bits per heavy atom. The van der Waals surface area contributed by atoms with Crippen molar-refractivity contribution in [2.45, 2.75) is 32.2 Å². The molecule has 1 N–H and O–H groups in total. The van der Waals surface area contributed by atoms with E-state index in [1.54, 1.807) is 22.3 Å². The molecule has 0 saturated carbocycles. The molecule has 1 aromatic heterocycles. The summed E-state index contributed by atoms with van der Waals surface area (Å²) in [7, 11) is -3.53. The van der Waals surface area contributed by atoms with Gasteiger partial charge in [0.05, 0.1) is 11.4 Å². The fourth-order valence-electron chi connectivity index (χ4n) is 3.21. The molecular formula is C19H25N3O3S2. The van der Waals surface area contributed by atoms with Crippen molar-refractivity contribution in [1.29, 1.82) is 0 Å². The second-order valence-corrected chi connectivity index (χ2v) is 10.1. The number of amides is 2. The Hall–Kier alpha value is -1.90. The summed E-state index contributed by atoms with van der Waals surface area (Å²) in [5, 5.41) is 2.91. The molecular weight excluding hydrogens is 382 g/mol. The highest BCUT2D eigenvalue weighted by Crippen LogP contribution is 2.22. The Labute approximate surface area is 164 Å². The summed E-state index contributed by atoms with van der Waals surface area (Å²) in [5.41, 5.74) is 1.79. The average molecular weight is 408 g/mol. The third-order valence-electron chi connectivity index (χ3n) is 4.68. The normalized spacial score (nSPS) is 15.7. The van der Waals surface area contributed by atoms with Gasteiger partial charge in [0.25, 0.3) is 0 Å². The third kappa shape index (κ3) is 4.51. The van der Waals surface area contributed by atoms with Gasteiger partial charge in [-0.05, 0) is 44.5 Å². The van der Waals surface area contributed by atoms with E-state index in [4.69, 9.17) is 0 Å². The number of thiophene rings is 1. The van der Waals surface area contributed by atoms with Gasteiger partial charge in [-0.15, -0.1) is 11.3 Å². The van der Waals surface area contributed by atoms with Crippen LogP contribution in [-0.4, -0.2) is 49.8 Å². The maximum atomic E-state index is 12.9. The molecule has 6 nitrogen and oxygen atoms in total. The highest BCUT2D eigenvalue weighted by molar-refractivity contribution is 7.89. The lowest BCUT2D eigenvalue weighted by atomic mass is 10.2. The molecule has 0 bridgehead atoms. The molecule has 0 radical (unpaired) electrons. The molecule has 2 heterocycles. The molecule has 146 valence electrons. The number of hydrogen-bond acceptors (Lipinski definition) is 4. The Bertz CT molecular complexity index is 929. The first-order valence-corrected chi connectivity index (χ1v) is 11.2. The highest BCUT2D eigenvalue weighted by Gasteiger charge is 2.31. The van der Waals surface area contributed by atoms with Gasteiger partial charge >= 0.3 is 6.03 Å². The number of nitrogens with zero attached hydrogens (tertiary/aromatic N) is 2. The number of urea groups is 1. The quantitative estimate of drug-likeness (QED) is 0.847.